The molecule has 3 nitrogen and oxygen atoms in total. The molecule has 0 amide bonds. The molecule has 1 aromatic carbocycles. The monoisotopic (exact) mass is 289 g/mol. The Hall–Kier alpha value is -1.32. The third kappa shape index (κ3) is 2.74. The van der Waals surface area contributed by atoms with Crippen LogP contribution in [0.2, 0.25) is 5.02 Å². The number of hydrogen-bond donors (Lipinski definition) is 2. The number of nitrogens with one attached hydrogen (secondary N) is 2. The van der Waals surface area contributed by atoms with E-state index in [1.54, 1.807) is 0 Å². The molecule has 0 radical (unpaired) electrons. The highest BCUT2D eigenvalue weighted by Gasteiger charge is 2.14. The quantitative estimate of drug-likeness (QED) is 0.903. The minimum absolute atomic E-state index is 0.535. The average molecular weight is 290 g/mol. The van der Waals surface area contributed by atoms with Crippen molar-refractivity contribution in [3.05, 3.63) is 35.0 Å². The summed E-state index contributed by atoms with van der Waals surface area (Å²) in [6.07, 6.45) is 5.65. The van der Waals surface area contributed by atoms with Crippen LogP contribution in [0.3, 0.4) is 0 Å². The van der Waals surface area contributed by atoms with Gasteiger partial charge in [0.25, 0.3) is 0 Å². The molecule has 1 unspecified atom stereocenters. The minimum atomic E-state index is 0.535. The molecular weight excluding hydrogens is 270 g/mol. The number of fused-ring (bicyclic) bond motifs is 1. The summed E-state index contributed by atoms with van der Waals surface area (Å²) in [4.78, 5) is 4.46. The number of benzene rings is 1. The number of rotatable bonds is 3. The van der Waals surface area contributed by atoms with Crippen molar-refractivity contribution in [2.45, 2.75) is 32.2 Å². The van der Waals surface area contributed by atoms with E-state index in [4.69, 9.17) is 11.6 Å². The van der Waals surface area contributed by atoms with Gasteiger partial charge in [-0.2, -0.15) is 0 Å². The van der Waals surface area contributed by atoms with Gasteiger partial charge in [0, 0.05) is 24.2 Å². The standard InChI is InChI=1S/C16H20ClN3/c1-11-9-14(17)16(13-6-4-8-19-15(11)13)20-10-12-5-2-3-7-18-12/h4,6,8-9,12,18,20H,2-3,5,7,10H2,1H3. The molecule has 2 heterocycles. The van der Waals surface area contributed by atoms with E-state index in [1.807, 2.05) is 25.3 Å². The molecule has 1 aliphatic rings. The van der Waals surface area contributed by atoms with Crippen LogP contribution < -0.4 is 10.6 Å². The van der Waals surface area contributed by atoms with Gasteiger partial charge in [0.2, 0.25) is 0 Å². The van der Waals surface area contributed by atoms with E-state index in [9.17, 15) is 0 Å². The predicted octanol–water partition coefficient (Wildman–Crippen LogP) is 3.75. The maximum atomic E-state index is 6.42. The third-order valence-electron chi connectivity index (χ3n) is 3.97. The Morgan fingerprint density at radius 2 is 2.35 bits per heavy atom. The number of anilines is 1. The van der Waals surface area contributed by atoms with Gasteiger partial charge in [-0.3, -0.25) is 4.98 Å². The van der Waals surface area contributed by atoms with Crippen LogP contribution in [-0.2, 0) is 0 Å². The molecule has 3 rings (SSSR count). The Morgan fingerprint density at radius 1 is 1.45 bits per heavy atom. The van der Waals surface area contributed by atoms with E-state index in [1.165, 1.54) is 19.3 Å². The molecule has 1 fully saturated rings. The van der Waals surface area contributed by atoms with Crippen LogP contribution in [0, 0.1) is 6.92 Å². The average Bonchev–Trinajstić information content (AvgIpc) is 2.48. The number of piperidine rings is 1. The fourth-order valence-electron chi connectivity index (χ4n) is 2.88. The Labute approximate surface area is 124 Å². The van der Waals surface area contributed by atoms with E-state index in [0.29, 0.717) is 6.04 Å². The minimum Gasteiger partial charge on any atom is -0.382 e. The Kier molecular flexibility index (Phi) is 4.08. The van der Waals surface area contributed by atoms with Crippen molar-refractivity contribution in [2.24, 2.45) is 0 Å². The summed E-state index contributed by atoms with van der Waals surface area (Å²) in [5.41, 5.74) is 3.15. The second kappa shape index (κ2) is 5.98. The SMILES string of the molecule is Cc1cc(Cl)c(NCC2CCCCN2)c2cccnc12. The van der Waals surface area contributed by atoms with Crippen LogP contribution in [0.1, 0.15) is 24.8 Å². The summed E-state index contributed by atoms with van der Waals surface area (Å²) in [6.45, 7) is 4.08. The van der Waals surface area contributed by atoms with E-state index in [0.717, 1.165) is 40.3 Å². The molecule has 0 aliphatic carbocycles. The number of hydrogen-bond acceptors (Lipinski definition) is 3. The van der Waals surface area contributed by atoms with Crippen molar-refractivity contribution in [1.82, 2.24) is 10.3 Å². The number of nitrogens with zero attached hydrogens (tertiary/aromatic N) is 1. The normalized spacial score (nSPS) is 19.2. The molecular formula is C16H20ClN3. The van der Waals surface area contributed by atoms with Crippen molar-refractivity contribution in [3.8, 4) is 0 Å². The van der Waals surface area contributed by atoms with E-state index < -0.39 is 0 Å². The van der Waals surface area contributed by atoms with Gasteiger partial charge in [0.15, 0.2) is 0 Å². The molecule has 1 atom stereocenters. The lowest BCUT2D eigenvalue weighted by Crippen LogP contribution is -2.39. The highest BCUT2D eigenvalue weighted by atomic mass is 35.5. The Morgan fingerprint density at radius 3 is 3.15 bits per heavy atom. The van der Waals surface area contributed by atoms with Crippen LogP contribution in [0.25, 0.3) is 10.9 Å². The van der Waals surface area contributed by atoms with Crippen LogP contribution in [0.4, 0.5) is 5.69 Å². The van der Waals surface area contributed by atoms with Crippen molar-refractivity contribution >= 4 is 28.2 Å². The van der Waals surface area contributed by atoms with Crippen molar-refractivity contribution in [2.75, 3.05) is 18.4 Å². The molecule has 0 spiro atoms. The highest BCUT2D eigenvalue weighted by molar-refractivity contribution is 6.35. The van der Waals surface area contributed by atoms with E-state index in [2.05, 4.69) is 21.7 Å². The molecule has 2 N–H and O–H groups in total. The largest absolute Gasteiger partial charge is 0.382 e. The molecule has 1 aromatic heterocycles. The number of halogens is 1. The van der Waals surface area contributed by atoms with Crippen LogP contribution in [0.5, 0.6) is 0 Å². The number of pyridine rings is 1. The molecule has 0 bridgehead atoms. The Bertz CT molecular complexity index is 606. The van der Waals surface area contributed by atoms with Crippen LogP contribution in [0.15, 0.2) is 24.4 Å². The first-order chi connectivity index (χ1) is 9.75. The van der Waals surface area contributed by atoms with Gasteiger partial charge in [-0.05, 0) is 50.1 Å². The summed E-state index contributed by atoms with van der Waals surface area (Å²) in [5.74, 6) is 0. The second-order valence-electron chi connectivity index (χ2n) is 5.48. The van der Waals surface area contributed by atoms with Gasteiger partial charge in [0.1, 0.15) is 0 Å². The topological polar surface area (TPSA) is 37.0 Å². The molecule has 4 heteroatoms. The summed E-state index contributed by atoms with van der Waals surface area (Å²) < 4.78 is 0. The summed E-state index contributed by atoms with van der Waals surface area (Å²) in [5, 5.41) is 8.95. The maximum Gasteiger partial charge on any atom is 0.0752 e. The molecule has 2 aromatic rings. The van der Waals surface area contributed by atoms with E-state index in [-0.39, 0.29) is 0 Å². The second-order valence-corrected chi connectivity index (χ2v) is 5.88. The maximum absolute atomic E-state index is 6.42. The van der Waals surface area contributed by atoms with Crippen LogP contribution in [-0.4, -0.2) is 24.1 Å². The first kappa shape index (κ1) is 13.7. The van der Waals surface area contributed by atoms with Crippen molar-refractivity contribution < 1.29 is 0 Å². The van der Waals surface area contributed by atoms with Gasteiger partial charge in [-0.1, -0.05) is 18.0 Å². The molecule has 106 valence electrons. The molecule has 20 heavy (non-hydrogen) atoms. The molecule has 0 saturated carbocycles. The highest BCUT2D eigenvalue weighted by Crippen LogP contribution is 2.32. The number of aryl methyl sites for hydroxylation is 1. The van der Waals surface area contributed by atoms with Crippen molar-refractivity contribution in [3.63, 3.8) is 0 Å². The predicted molar refractivity (Wildman–Crippen MR) is 85.6 cm³/mol. The van der Waals surface area contributed by atoms with Gasteiger partial charge < -0.3 is 10.6 Å². The first-order valence-electron chi connectivity index (χ1n) is 7.27. The zero-order valence-electron chi connectivity index (χ0n) is 11.7. The summed E-state index contributed by atoms with van der Waals surface area (Å²) in [6, 6.07) is 6.57. The molecule has 1 saturated heterocycles. The van der Waals surface area contributed by atoms with Gasteiger partial charge in [-0.15, -0.1) is 0 Å². The van der Waals surface area contributed by atoms with Gasteiger partial charge in [-0.25, -0.2) is 0 Å². The number of aromatic nitrogens is 1. The Balaban J connectivity index is 1.86. The van der Waals surface area contributed by atoms with Crippen LogP contribution >= 0.6 is 11.6 Å². The zero-order valence-corrected chi connectivity index (χ0v) is 12.5. The lowest BCUT2D eigenvalue weighted by molar-refractivity contribution is 0.414. The van der Waals surface area contributed by atoms with Gasteiger partial charge >= 0.3 is 0 Å². The van der Waals surface area contributed by atoms with E-state index >= 15 is 0 Å². The summed E-state index contributed by atoms with van der Waals surface area (Å²) >= 11 is 6.42. The fourth-order valence-corrected chi connectivity index (χ4v) is 3.22. The smallest absolute Gasteiger partial charge is 0.0752 e. The summed E-state index contributed by atoms with van der Waals surface area (Å²) in [7, 11) is 0. The zero-order chi connectivity index (χ0) is 13.9. The van der Waals surface area contributed by atoms with Gasteiger partial charge in [0.05, 0.1) is 16.2 Å². The third-order valence-corrected chi connectivity index (χ3v) is 4.27. The lowest BCUT2D eigenvalue weighted by Gasteiger charge is -2.24. The lowest BCUT2D eigenvalue weighted by atomic mass is 10.0. The fraction of sp³-hybridized carbons (Fsp3) is 0.438. The van der Waals surface area contributed by atoms with Crippen molar-refractivity contribution in [1.29, 1.82) is 0 Å². The first-order valence-corrected chi connectivity index (χ1v) is 7.64. The molecule has 1 aliphatic heterocycles.